The highest BCUT2D eigenvalue weighted by atomic mass is 16.6. The maximum atomic E-state index is 5.72. The van der Waals surface area contributed by atoms with Crippen LogP contribution in [0.5, 0.6) is 0 Å². The highest BCUT2D eigenvalue weighted by molar-refractivity contribution is 6.46. The lowest BCUT2D eigenvalue weighted by Crippen LogP contribution is -2.46. The van der Waals surface area contributed by atoms with Gasteiger partial charge in [0, 0.05) is 25.7 Å². The van der Waals surface area contributed by atoms with Crippen molar-refractivity contribution in [2.24, 2.45) is 5.41 Å². The Kier molecular flexibility index (Phi) is 7.94. The Hall–Kier alpha value is -0.135. The number of ether oxygens (including phenoxy) is 3. The lowest BCUT2D eigenvalue weighted by molar-refractivity contribution is -0.0571. The van der Waals surface area contributed by atoms with E-state index < -0.39 is 0 Å². The lowest BCUT2D eigenvalue weighted by atomic mass is 9.72. The highest BCUT2D eigenvalue weighted by Crippen LogP contribution is 2.26. The number of rotatable bonds is 9. The molecular formula is C13H27BO5. The van der Waals surface area contributed by atoms with Crippen LogP contribution in [0.4, 0.5) is 0 Å². The zero-order valence-electron chi connectivity index (χ0n) is 12.6. The average molecular weight is 274 g/mol. The Morgan fingerprint density at radius 2 is 1.63 bits per heavy atom. The van der Waals surface area contributed by atoms with Gasteiger partial charge in [-0.05, 0) is 5.82 Å². The first-order valence-corrected chi connectivity index (χ1v) is 6.95. The molecule has 1 saturated heterocycles. The Balaban J connectivity index is 2.06. The quantitative estimate of drug-likeness (QED) is 0.472. The Bertz CT molecular complexity index is 229. The topological polar surface area (TPSA) is 46.2 Å². The van der Waals surface area contributed by atoms with Crippen molar-refractivity contribution in [1.29, 1.82) is 0 Å². The summed E-state index contributed by atoms with van der Waals surface area (Å²) in [6, 6.07) is 0. The van der Waals surface area contributed by atoms with Gasteiger partial charge in [-0.1, -0.05) is 20.8 Å². The fourth-order valence-corrected chi connectivity index (χ4v) is 1.81. The summed E-state index contributed by atoms with van der Waals surface area (Å²) < 4.78 is 27.3. The molecular weight excluding hydrogens is 247 g/mol. The van der Waals surface area contributed by atoms with Gasteiger partial charge in [-0.15, -0.1) is 0 Å². The van der Waals surface area contributed by atoms with Crippen LogP contribution >= 0.6 is 0 Å². The first-order chi connectivity index (χ1) is 9.07. The van der Waals surface area contributed by atoms with Crippen LogP contribution in [0.3, 0.4) is 0 Å². The summed E-state index contributed by atoms with van der Waals surface area (Å²) in [7, 11) is 1.58. The summed E-state index contributed by atoms with van der Waals surface area (Å²) in [5, 5.41) is 0. The molecule has 0 bridgehead atoms. The van der Waals surface area contributed by atoms with Crippen molar-refractivity contribution in [2.75, 3.05) is 53.4 Å². The standard InChI is InChI=1S/C13H27BO5/c1-12(2)14-18-10-13(3,11-19-14)9-17-8-7-16-6-5-15-4/h12H,5-11H2,1-4H3. The van der Waals surface area contributed by atoms with Gasteiger partial charge in [-0.2, -0.15) is 0 Å². The minimum absolute atomic E-state index is 0.0576. The molecule has 0 aromatic rings. The monoisotopic (exact) mass is 274 g/mol. The maximum Gasteiger partial charge on any atom is 0.459 e. The molecule has 1 fully saturated rings. The molecule has 0 aromatic heterocycles. The lowest BCUT2D eigenvalue weighted by Gasteiger charge is -2.37. The maximum absolute atomic E-state index is 5.72. The van der Waals surface area contributed by atoms with Crippen LogP contribution in [0.25, 0.3) is 0 Å². The third-order valence-electron chi connectivity index (χ3n) is 2.99. The molecule has 0 N–H and O–H groups in total. The van der Waals surface area contributed by atoms with Crippen LogP contribution in [-0.2, 0) is 23.5 Å². The molecule has 1 aliphatic rings. The van der Waals surface area contributed by atoms with E-state index in [0.717, 1.165) is 0 Å². The molecule has 0 aliphatic carbocycles. The second-order valence-corrected chi connectivity index (χ2v) is 5.70. The van der Waals surface area contributed by atoms with Crippen molar-refractivity contribution < 1.29 is 23.5 Å². The van der Waals surface area contributed by atoms with Crippen LogP contribution in [0.1, 0.15) is 20.8 Å². The Labute approximate surface area is 117 Å². The molecule has 5 nitrogen and oxygen atoms in total. The van der Waals surface area contributed by atoms with Gasteiger partial charge >= 0.3 is 7.12 Å². The minimum atomic E-state index is -0.0783. The predicted molar refractivity (Wildman–Crippen MR) is 74.4 cm³/mol. The first-order valence-electron chi connectivity index (χ1n) is 6.95. The highest BCUT2D eigenvalue weighted by Gasteiger charge is 2.37. The summed E-state index contributed by atoms with van der Waals surface area (Å²) >= 11 is 0. The van der Waals surface area contributed by atoms with Gasteiger partial charge in [0.2, 0.25) is 0 Å². The molecule has 0 amide bonds. The largest absolute Gasteiger partial charge is 0.459 e. The molecule has 1 aliphatic heterocycles. The third kappa shape index (κ3) is 6.72. The van der Waals surface area contributed by atoms with E-state index in [0.29, 0.717) is 52.1 Å². The molecule has 1 rings (SSSR count). The summed E-state index contributed by atoms with van der Waals surface area (Å²) in [5.41, 5.74) is -0.0576. The van der Waals surface area contributed by atoms with Crippen molar-refractivity contribution >= 4 is 7.12 Å². The van der Waals surface area contributed by atoms with E-state index in [1.54, 1.807) is 7.11 Å². The van der Waals surface area contributed by atoms with Crippen molar-refractivity contribution in [3.8, 4) is 0 Å². The fourth-order valence-electron chi connectivity index (χ4n) is 1.81. The van der Waals surface area contributed by atoms with Crippen LogP contribution < -0.4 is 0 Å². The van der Waals surface area contributed by atoms with Crippen LogP contribution in [0.2, 0.25) is 5.82 Å². The van der Waals surface area contributed by atoms with E-state index in [1.165, 1.54) is 0 Å². The van der Waals surface area contributed by atoms with E-state index in [-0.39, 0.29) is 12.5 Å². The third-order valence-corrected chi connectivity index (χ3v) is 2.99. The molecule has 1 heterocycles. The molecule has 6 heteroatoms. The summed E-state index contributed by atoms with van der Waals surface area (Å²) in [4.78, 5) is 0. The fraction of sp³-hybridized carbons (Fsp3) is 1.00. The normalized spacial score (nSPS) is 19.1. The second kappa shape index (κ2) is 8.92. The van der Waals surface area contributed by atoms with Crippen LogP contribution in [0.15, 0.2) is 0 Å². The molecule has 0 atom stereocenters. The van der Waals surface area contributed by atoms with Gasteiger partial charge in [0.15, 0.2) is 0 Å². The molecule has 0 spiro atoms. The van der Waals surface area contributed by atoms with E-state index in [9.17, 15) is 0 Å². The summed E-state index contributed by atoms with van der Waals surface area (Å²) in [5.74, 6) is 0.389. The zero-order valence-corrected chi connectivity index (χ0v) is 12.6. The van der Waals surface area contributed by atoms with Gasteiger partial charge in [-0.3, -0.25) is 0 Å². The summed E-state index contributed by atoms with van der Waals surface area (Å²) in [6.07, 6.45) is 0. The van der Waals surface area contributed by atoms with Crippen molar-refractivity contribution in [3.63, 3.8) is 0 Å². The van der Waals surface area contributed by atoms with Gasteiger partial charge in [0.25, 0.3) is 0 Å². The smallest absolute Gasteiger partial charge is 0.410 e. The van der Waals surface area contributed by atoms with E-state index in [2.05, 4.69) is 20.8 Å². The molecule has 0 aromatic carbocycles. The number of hydrogen-bond acceptors (Lipinski definition) is 5. The van der Waals surface area contributed by atoms with Gasteiger partial charge < -0.3 is 23.5 Å². The summed E-state index contributed by atoms with van der Waals surface area (Å²) in [6.45, 7) is 10.7. The van der Waals surface area contributed by atoms with Gasteiger partial charge in [-0.25, -0.2) is 0 Å². The van der Waals surface area contributed by atoms with Crippen molar-refractivity contribution in [2.45, 2.75) is 26.6 Å². The molecule has 19 heavy (non-hydrogen) atoms. The van der Waals surface area contributed by atoms with E-state index >= 15 is 0 Å². The first kappa shape index (κ1) is 16.9. The van der Waals surface area contributed by atoms with Gasteiger partial charge in [0.05, 0.1) is 33.0 Å². The van der Waals surface area contributed by atoms with Gasteiger partial charge in [0.1, 0.15) is 0 Å². The predicted octanol–water partition coefficient (Wildman–Crippen LogP) is 1.62. The molecule has 0 saturated carbocycles. The molecule has 0 unspecified atom stereocenters. The SMILES string of the molecule is COCCOCCOCC1(C)COB(C(C)C)OC1. The van der Waals surface area contributed by atoms with E-state index in [1.807, 2.05) is 0 Å². The Morgan fingerprint density at radius 1 is 1.05 bits per heavy atom. The minimum Gasteiger partial charge on any atom is -0.410 e. The van der Waals surface area contributed by atoms with Crippen LogP contribution in [0, 0.1) is 5.41 Å². The number of methoxy groups -OCH3 is 1. The molecule has 112 valence electrons. The second-order valence-electron chi connectivity index (χ2n) is 5.70. The van der Waals surface area contributed by atoms with Crippen molar-refractivity contribution in [1.82, 2.24) is 0 Å². The van der Waals surface area contributed by atoms with Crippen LogP contribution in [-0.4, -0.2) is 60.5 Å². The zero-order chi connectivity index (χ0) is 14.1. The Morgan fingerprint density at radius 3 is 2.21 bits per heavy atom. The van der Waals surface area contributed by atoms with E-state index in [4.69, 9.17) is 23.5 Å². The average Bonchev–Trinajstić information content (AvgIpc) is 2.38. The molecule has 0 radical (unpaired) electrons. The van der Waals surface area contributed by atoms with Crippen molar-refractivity contribution in [3.05, 3.63) is 0 Å². The number of hydrogen-bond donors (Lipinski definition) is 0.